The summed E-state index contributed by atoms with van der Waals surface area (Å²) in [5.41, 5.74) is -0.0202. The maximum absolute atomic E-state index is 12.3. The Morgan fingerprint density at radius 1 is 1.47 bits per heavy atom. The molecule has 17 heavy (non-hydrogen) atoms. The molecule has 1 amide bonds. The minimum absolute atomic E-state index is 0.0745. The minimum Gasteiger partial charge on any atom is -0.377 e. The van der Waals surface area contributed by atoms with E-state index in [1.165, 1.54) is 12.3 Å². The summed E-state index contributed by atoms with van der Waals surface area (Å²) < 4.78 is 5.37. The number of rotatable bonds is 1. The second-order valence-corrected chi connectivity index (χ2v) is 4.76. The predicted octanol–water partition coefficient (Wildman–Crippen LogP) is 0.626. The van der Waals surface area contributed by atoms with E-state index in [0.717, 1.165) is 0 Å². The van der Waals surface area contributed by atoms with Gasteiger partial charge in [0.2, 0.25) is 5.56 Å². The number of carbonyl (C=O) groups excluding carboxylic acids is 1. The third-order valence-corrected chi connectivity index (χ3v) is 2.92. The zero-order chi connectivity index (χ0) is 12.5. The van der Waals surface area contributed by atoms with Gasteiger partial charge < -0.3 is 14.6 Å². The second-order valence-electron chi connectivity index (χ2n) is 4.76. The molecule has 1 aromatic rings. The van der Waals surface area contributed by atoms with Gasteiger partial charge in [-0.05, 0) is 19.9 Å². The van der Waals surface area contributed by atoms with Crippen molar-refractivity contribution in [1.82, 2.24) is 9.88 Å². The van der Waals surface area contributed by atoms with E-state index < -0.39 is 0 Å². The van der Waals surface area contributed by atoms with Crippen LogP contribution >= 0.6 is 0 Å². The SMILES string of the molecule is CC1(C)COCCN1C(=O)c1ccc(=O)[nH]c1. The topological polar surface area (TPSA) is 62.4 Å². The summed E-state index contributed by atoms with van der Waals surface area (Å²) in [7, 11) is 0. The molecule has 0 unspecified atom stereocenters. The van der Waals surface area contributed by atoms with Crippen molar-refractivity contribution in [3.8, 4) is 0 Å². The van der Waals surface area contributed by atoms with Crippen LogP contribution in [0, 0.1) is 0 Å². The van der Waals surface area contributed by atoms with Crippen LogP contribution in [0.2, 0.25) is 0 Å². The Balaban J connectivity index is 2.24. The fourth-order valence-electron chi connectivity index (χ4n) is 1.93. The highest BCUT2D eigenvalue weighted by atomic mass is 16.5. The number of ether oxygens (including phenoxy) is 1. The van der Waals surface area contributed by atoms with Crippen molar-refractivity contribution in [3.05, 3.63) is 34.2 Å². The molecule has 5 nitrogen and oxygen atoms in total. The van der Waals surface area contributed by atoms with E-state index >= 15 is 0 Å². The molecule has 1 N–H and O–H groups in total. The summed E-state index contributed by atoms with van der Waals surface area (Å²) in [5, 5.41) is 0. The number of carbonyl (C=O) groups is 1. The highest BCUT2D eigenvalue weighted by Crippen LogP contribution is 2.21. The van der Waals surface area contributed by atoms with Crippen molar-refractivity contribution in [2.45, 2.75) is 19.4 Å². The van der Waals surface area contributed by atoms with Crippen LogP contribution in [-0.2, 0) is 4.74 Å². The Kier molecular flexibility index (Phi) is 3.02. The van der Waals surface area contributed by atoms with Crippen LogP contribution in [0.4, 0.5) is 0 Å². The largest absolute Gasteiger partial charge is 0.377 e. The molecule has 1 saturated heterocycles. The molecule has 0 atom stereocenters. The Morgan fingerprint density at radius 2 is 2.24 bits per heavy atom. The summed E-state index contributed by atoms with van der Waals surface area (Å²) in [4.78, 5) is 27.5. The van der Waals surface area contributed by atoms with Crippen molar-refractivity contribution in [2.75, 3.05) is 19.8 Å². The van der Waals surface area contributed by atoms with Gasteiger partial charge in [0, 0.05) is 18.8 Å². The first-order valence-corrected chi connectivity index (χ1v) is 5.59. The van der Waals surface area contributed by atoms with Gasteiger partial charge in [0.25, 0.3) is 5.91 Å². The Morgan fingerprint density at radius 3 is 2.82 bits per heavy atom. The van der Waals surface area contributed by atoms with Gasteiger partial charge in [0.1, 0.15) is 0 Å². The van der Waals surface area contributed by atoms with Crippen LogP contribution in [0.1, 0.15) is 24.2 Å². The van der Waals surface area contributed by atoms with E-state index in [4.69, 9.17) is 4.74 Å². The molecule has 0 spiro atoms. The third-order valence-electron chi connectivity index (χ3n) is 2.92. The zero-order valence-corrected chi connectivity index (χ0v) is 10.0. The number of nitrogens with zero attached hydrogens (tertiary/aromatic N) is 1. The molecule has 92 valence electrons. The molecule has 0 radical (unpaired) electrons. The van der Waals surface area contributed by atoms with E-state index in [-0.39, 0.29) is 17.0 Å². The smallest absolute Gasteiger partial charge is 0.255 e. The molecule has 1 fully saturated rings. The molecular formula is C12H16N2O3. The van der Waals surface area contributed by atoms with Gasteiger partial charge in [-0.15, -0.1) is 0 Å². The summed E-state index contributed by atoms with van der Waals surface area (Å²) in [6.07, 6.45) is 1.45. The second kappa shape index (κ2) is 4.33. The number of nitrogens with one attached hydrogen (secondary N) is 1. The first kappa shape index (κ1) is 11.9. The third kappa shape index (κ3) is 2.39. The number of amides is 1. The summed E-state index contributed by atoms with van der Waals surface area (Å²) in [6, 6.07) is 2.91. The monoisotopic (exact) mass is 236 g/mol. The molecule has 0 aromatic carbocycles. The minimum atomic E-state index is -0.314. The Hall–Kier alpha value is -1.62. The van der Waals surface area contributed by atoms with E-state index in [1.807, 2.05) is 13.8 Å². The van der Waals surface area contributed by atoms with Gasteiger partial charge in [-0.1, -0.05) is 0 Å². The zero-order valence-electron chi connectivity index (χ0n) is 10.0. The maximum atomic E-state index is 12.3. The Bertz CT molecular complexity index is 458. The number of hydrogen-bond donors (Lipinski definition) is 1. The van der Waals surface area contributed by atoms with Crippen molar-refractivity contribution < 1.29 is 9.53 Å². The van der Waals surface area contributed by atoms with Crippen LogP contribution in [-0.4, -0.2) is 41.1 Å². The van der Waals surface area contributed by atoms with E-state index in [9.17, 15) is 9.59 Å². The average Bonchev–Trinajstić information content (AvgIpc) is 2.28. The lowest BCUT2D eigenvalue weighted by Crippen LogP contribution is -2.55. The summed E-state index contributed by atoms with van der Waals surface area (Å²) in [6.45, 7) is 5.59. The molecule has 0 aliphatic carbocycles. The van der Waals surface area contributed by atoms with Crippen LogP contribution in [0.5, 0.6) is 0 Å². The number of morpholine rings is 1. The predicted molar refractivity (Wildman–Crippen MR) is 63.0 cm³/mol. The van der Waals surface area contributed by atoms with Crippen molar-refractivity contribution in [2.24, 2.45) is 0 Å². The maximum Gasteiger partial charge on any atom is 0.255 e. The lowest BCUT2D eigenvalue weighted by Gasteiger charge is -2.42. The van der Waals surface area contributed by atoms with Crippen molar-refractivity contribution in [1.29, 1.82) is 0 Å². The molecule has 0 saturated carbocycles. The number of pyridine rings is 1. The lowest BCUT2D eigenvalue weighted by molar-refractivity contribution is -0.0370. The number of aromatic amines is 1. The van der Waals surface area contributed by atoms with Gasteiger partial charge in [-0.25, -0.2) is 0 Å². The summed E-state index contributed by atoms with van der Waals surface area (Å²) >= 11 is 0. The quantitative estimate of drug-likeness (QED) is 0.777. The molecule has 5 heteroatoms. The number of aromatic nitrogens is 1. The fraction of sp³-hybridized carbons (Fsp3) is 0.500. The van der Waals surface area contributed by atoms with Gasteiger partial charge in [-0.3, -0.25) is 9.59 Å². The van der Waals surface area contributed by atoms with Crippen LogP contribution in [0.25, 0.3) is 0 Å². The van der Waals surface area contributed by atoms with Crippen LogP contribution < -0.4 is 5.56 Å². The fourth-order valence-corrected chi connectivity index (χ4v) is 1.93. The standard InChI is InChI=1S/C12H16N2O3/c1-12(2)8-17-6-5-14(12)11(16)9-3-4-10(15)13-7-9/h3-4,7H,5-6,8H2,1-2H3,(H,13,15). The molecule has 0 bridgehead atoms. The number of H-pyrrole nitrogens is 1. The van der Waals surface area contributed by atoms with Gasteiger partial charge in [0.05, 0.1) is 24.3 Å². The number of hydrogen-bond acceptors (Lipinski definition) is 3. The van der Waals surface area contributed by atoms with Crippen molar-refractivity contribution >= 4 is 5.91 Å². The van der Waals surface area contributed by atoms with Crippen LogP contribution in [0.15, 0.2) is 23.1 Å². The molecule has 1 aromatic heterocycles. The lowest BCUT2D eigenvalue weighted by atomic mass is 10.0. The van der Waals surface area contributed by atoms with E-state index in [0.29, 0.717) is 25.3 Å². The molecular weight excluding hydrogens is 220 g/mol. The molecule has 2 rings (SSSR count). The normalized spacial score (nSPS) is 19.1. The van der Waals surface area contributed by atoms with Gasteiger partial charge in [-0.2, -0.15) is 0 Å². The van der Waals surface area contributed by atoms with E-state index in [1.54, 1.807) is 11.0 Å². The van der Waals surface area contributed by atoms with Gasteiger partial charge >= 0.3 is 0 Å². The van der Waals surface area contributed by atoms with Crippen molar-refractivity contribution in [3.63, 3.8) is 0 Å². The first-order valence-electron chi connectivity index (χ1n) is 5.59. The molecule has 2 heterocycles. The summed E-state index contributed by atoms with van der Waals surface area (Å²) in [5.74, 6) is -0.0745. The molecule has 1 aliphatic heterocycles. The average molecular weight is 236 g/mol. The van der Waals surface area contributed by atoms with Gasteiger partial charge in [0.15, 0.2) is 0 Å². The molecule has 1 aliphatic rings. The highest BCUT2D eigenvalue weighted by Gasteiger charge is 2.34. The van der Waals surface area contributed by atoms with E-state index in [2.05, 4.69) is 4.98 Å². The highest BCUT2D eigenvalue weighted by molar-refractivity contribution is 5.94. The van der Waals surface area contributed by atoms with Crippen LogP contribution in [0.3, 0.4) is 0 Å². The first-order chi connectivity index (χ1) is 8.00. The Labute approximate surface area is 99.4 Å².